The van der Waals surface area contributed by atoms with E-state index >= 15 is 0 Å². The van der Waals surface area contributed by atoms with Crippen molar-refractivity contribution < 1.29 is 8.42 Å². The number of nitrogens with two attached hydrogens (primary N) is 1. The smallest absolute Gasteiger partial charge is 0.214 e. The lowest BCUT2D eigenvalue weighted by Crippen LogP contribution is -2.53. The standard InChI is InChI=1S/C12H26N2O2S/c1-10(13)11-7-5-6-8-14(11)17(15,16)9-12(2,3)4/h10-11H,5-9,13H2,1-4H3. The molecule has 4 nitrogen and oxygen atoms in total. The Hall–Kier alpha value is -0.130. The molecule has 0 aromatic carbocycles. The van der Waals surface area contributed by atoms with E-state index in [1.807, 2.05) is 27.7 Å². The first-order valence-electron chi connectivity index (χ1n) is 6.38. The normalized spacial score (nSPS) is 25.8. The maximum atomic E-state index is 12.4. The molecule has 0 amide bonds. The molecule has 0 spiro atoms. The zero-order chi connectivity index (χ0) is 13.3. The Balaban J connectivity index is 2.88. The van der Waals surface area contributed by atoms with Gasteiger partial charge in [-0.2, -0.15) is 4.31 Å². The van der Waals surface area contributed by atoms with Crippen LogP contribution < -0.4 is 5.73 Å². The summed E-state index contributed by atoms with van der Waals surface area (Å²) in [6.45, 7) is 8.39. The zero-order valence-corrected chi connectivity index (χ0v) is 12.3. The molecular weight excluding hydrogens is 236 g/mol. The second-order valence-electron chi connectivity index (χ2n) is 6.35. The summed E-state index contributed by atoms with van der Waals surface area (Å²) in [5.74, 6) is 0.198. The van der Waals surface area contributed by atoms with E-state index in [1.165, 1.54) is 0 Å². The van der Waals surface area contributed by atoms with Crippen molar-refractivity contribution in [2.75, 3.05) is 12.3 Å². The summed E-state index contributed by atoms with van der Waals surface area (Å²) in [5, 5.41) is 0. The highest BCUT2D eigenvalue weighted by atomic mass is 32.2. The number of hydrogen-bond donors (Lipinski definition) is 1. The first-order chi connectivity index (χ1) is 7.63. The Morgan fingerprint density at radius 1 is 1.35 bits per heavy atom. The number of sulfonamides is 1. The van der Waals surface area contributed by atoms with Gasteiger partial charge in [-0.25, -0.2) is 8.42 Å². The molecule has 5 heteroatoms. The van der Waals surface area contributed by atoms with Crippen molar-refractivity contribution >= 4 is 10.0 Å². The predicted molar refractivity (Wildman–Crippen MR) is 71.2 cm³/mol. The Labute approximate surface area is 106 Å². The van der Waals surface area contributed by atoms with E-state index in [4.69, 9.17) is 5.73 Å². The van der Waals surface area contributed by atoms with Crippen LogP contribution in [0, 0.1) is 5.41 Å². The highest BCUT2D eigenvalue weighted by Gasteiger charge is 2.36. The molecule has 0 aromatic heterocycles. The molecule has 17 heavy (non-hydrogen) atoms. The van der Waals surface area contributed by atoms with Gasteiger partial charge < -0.3 is 5.73 Å². The van der Waals surface area contributed by atoms with Crippen LogP contribution in [0.15, 0.2) is 0 Å². The molecule has 0 saturated carbocycles. The van der Waals surface area contributed by atoms with Crippen LogP contribution in [0.2, 0.25) is 0 Å². The van der Waals surface area contributed by atoms with Gasteiger partial charge in [-0.3, -0.25) is 0 Å². The molecule has 1 aliphatic heterocycles. The summed E-state index contributed by atoms with van der Waals surface area (Å²) in [7, 11) is -3.18. The minimum Gasteiger partial charge on any atom is -0.326 e. The Bertz CT molecular complexity index is 344. The summed E-state index contributed by atoms with van der Waals surface area (Å²) in [6.07, 6.45) is 2.92. The van der Waals surface area contributed by atoms with E-state index in [-0.39, 0.29) is 23.3 Å². The third-order valence-electron chi connectivity index (χ3n) is 3.08. The van der Waals surface area contributed by atoms with Gasteiger partial charge in [0.2, 0.25) is 10.0 Å². The zero-order valence-electron chi connectivity index (χ0n) is 11.4. The fourth-order valence-electron chi connectivity index (χ4n) is 2.43. The van der Waals surface area contributed by atoms with Gasteiger partial charge >= 0.3 is 0 Å². The second kappa shape index (κ2) is 5.24. The Kier molecular flexibility index (Phi) is 4.60. The fourth-order valence-corrected chi connectivity index (χ4v) is 4.81. The van der Waals surface area contributed by atoms with Crippen LogP contribution in [0.3, 0.4) is 0 Å². The van der Waals surface area contributed by atoms with E-state index < -0.39 is 10.0 Å². The van der Waals surface area contributed by atoms with Crippen molar-refractivity contribution in [1.82, 2.24) is 4.31 Å². The Morgan fingerprint density at radius 2 is 1.94 bits per heavy atom. The fraction of sp³-hybridized carbons (Fsp3) is 1.00. The number of rotatable bonds is 3. The molecule has 1 aliphatic rings. The summed E-state index contributed by atoms with van der Waals surface area (Å²) >= 11 is 0. The molecule has 2 unspecified atom stereocenters. The molecular formula is C12H26N2O2S. The van der Waals surface area contributed by atoms with Gasteiger partial charge in [0.1, 0.15) is 0 Å². The second-order valence-corrected chi connectivity index (χ2v) is 8.27. The lowest BCUT2D eigenvalue weighted by molar-refractivity contribution is 0.224. The van der Waals surface area contributed by atoms with Crippen LogP contribution in [-0.2, 0) is 10.0 Å². The molecule has 0 bridgehead atoms. The molecule has 2 N–H and O–H groups in total. The molecule has 0 aromatic rings. The average Bonchev–Trinajstić information content (AvgIpc) is 2.14. The van der Waals surface area contributed by atoms with Crippen molar-refractivity contribution in [2.45, 2.75) is 59.0 Å². The Morgan fingerprint density at radius 3 is 2.41 bits per heavy atom. The highest BCUT2D eigenvalue weighted by Crippen LogP contribution is 2.26. The van der Waals surface area contributed by atoms with Crippen LogP contribution in [0.5, 0.6) is 0 Å². The maximum Gasteiger partial charge on any atom is 0.214 e. The van der Waals surface area contributed by atoms with Crippen molar-refractivity contribution in [1.29, 1.82) is 0 Å². The van der Waals surface area contributed by atoms with Crippen LogP contribution in [0.1, 0.15) is 47.0 Å². The number of nitrogens with zero attached hydrogens (tertiary/aromatic N) is 1. The summed E-state index contributed by atoms with van der Waals surface area (Å²) in [4.78, 5) is 0. The van der Waals surface area contributed by atoms with Crippen molar-refractivity contribution in [2.24, 2.45) is 11.1 Å². The molecule has 0 aliphatic carbocycles. The highest BCUT2D eigenvalue weighted by molar-refractivity contribution is 7.89. The topological polar surface area (TPSA) is 63.4 Å². The number of piperidine rings is 1. The van der Waals surface area contributed by atoms with Crippen molar-refractivity contribution in [3.05, 3.63) is 0 Å². The first kappa shape index (κ1) is 14.9. The van der Waals surface area contributed by atoms with E-state index in [0.717, 1.165) is 19.3 Å². The minimum atomic E-state index is -3.18. The van der Waals surface area contributed by atoms with Gasteiger partial charge in [0.15, 0.2) is 0 Å². The monoisotopic (exact) mass is 262 g/mol. The number of hydrogen-bond acceptors (Lipinski definition) is 3. The third-order valence-corrected chi connectivity index (χ3v) is 5.48. The average molecular weight is 262 g/mol. The lowest BCUT2D eigenvalue weighted by Gasteiger charge is -2.38. The van der Waals surface area contributed by atoms with Crippen LogP contribution in [0.4, 0.5) is 0 Å². The quantitative estimate of drug-likeness (QED) is 0.839. The predicted octanol–water partition coefficient (Wildman–Crippen LogP) is 1.56. The summed E-state index contributed by atoms with van der Waals surface area (Å²) in [5.41, 5.74) is 5.70. The largest absolute Gasteiger partial charge is 0.326 e. The molecule has 0 radical (unpaired) electrons. The van der Waals surface area contributed by atoms with Crippen molar-refractivity contribution in [3.8, 4) is 0 Å². The van der Waals surface area contributed by atoms with E-state index in [9.17, 15) is 8.42 Å². The van der Waals surface area contributed by atoms with Gasteiger partial charge in [-0.15, -0.1) is 0 Å². The van der Waals surface area contributed by atoms with E-state index in [2.05, 4.69) is 0 Å². The molecule has 1 fully saturated rings. The first-order valence-corrected chi connectivity index (χ1v) is 7.99. The maximum absolute atomic E-state index is 12.4. The van der Waals surface area contributed by atoms with Crippen molar-refractivity contribution in [3.63, 3.8) is 0 Å². The molecule has 2 atom stereocenters. The van der Waals surface area contributed by atoms with Gasteiger partial charge in [-0.05, 0) is 25.2 Å². The molecule has 1 rings (SSSR count). The minimum absolute atomic E-state index is 0.0175. The van der Waals surface area contributed by atoms with Gasteiger partial charge in [0, 0.05) is 18.6 Å². The molecule has 102 valence electrons. The molecule has 1 saturated heterocycles. The summed E-state index contributed by atoms with van der Waals surface area (Å²) in [6, 6.07) is -0.110. The summed E-state index contributed by atoms with van der Waals surface area (Å²) < 4.78 is 26.4. The van der Waals surface area contributed by atoms with E-state index in [1.54, 1.807) is 4.31 Å². The third kappa shape index (κ3) is 4.23. The van der Waals surface area contributed by atoms with Gasteiger partial charge in [0.25, 0.3) is 0 Å². The lowest BCUT2D eigenvalue weighted by atomic mass is 10.00. The molecule has 1 heterocycles. The van der Waals surface area contributed by atoms with Gasteiger partial charge in [-0.1, -0.05) is 27.2 Å². The van der Waals surface area contributed by atoms with Crippen LogP contribution in [0.25, 0.3) is 0 Å². The van der Waals surface area contributed by atoms with E-state index in [0.29, 0.717) is 6.54 Å². The van der Waals surface area contributed by atoms with Gasteiger partial charge in [0.05, 0.1) is 5.75 Å². The van der Waals surface area contributed by atoms with Crippen LogP contribution in [-0.4, -0.2) is 37.1 Å². The van der Waals surface area contributed by atoms with Crippen LogP contribution >= 0.6 is 0 Å². The SMILES string of the molecule is CC(N)C1CCCCN1S(=O)(=O)CC(C)(C)C.